The molecule has 35 heavy (non-hydrogen) atoms. The summed E-state index contributed by atoms with van der Waals surface area (Å²) < 4.78 is 1.78. The standard InChI is InChI=1S/C27H24ClN5O2/c28-23-15-21(11-12-24(23)32-14-13-29-25(34)18-32)30-27(35)22-17-33(16-19-7-3-1-4-8-19)31-26(22)20-9-5-2-6-10-20/h1-12,15,17H,13-14,16,18H2,(H,29,34)(H,30,35). The molecule has 4 aromatic rings. The highest BCUT2D eigenvalue weighted by molar-refractivity contribution is 6.33. The van der Waals surface area contributed by atoms with Crippen LogP contribution in [-0.4, -0.2) is 41.2 Å². The van der Waals surface area contributed by atoms with Crippen LogP contribution in [0.15, 0.2) is 85.1 Å². The van der Waals surface area contributed by atoms with Gasteiger partial charge >= 0.3 is 0 Å². The minimum Gasteiger partial charge on any atom is -0.359 e. The number of benzene rings is 3. The third-order valence-electron chi connectivity index (χ3n) is 5.83. The fraction of sp³-hybridized carbons (Fsp3) is 0.148. The van der Waals surface area contributed by atoms with E-state index in [0.29, 0.717) is 41.6 Å². The highest BCUT2D eigenvalue weighted by Gasteiger charge is 2.21. The molecule has 1 saturated heterocycles. The van der Waals surface area contributed by atoms with E-state index >= 15 is 0 Å². The SMILES string of the molecule is O=C1CN(c2ccc(NC(=O)c3cn(Cc4ccccc4)nc3-c3ccccc3)cc2Cl)CCN1. The van der Waals surface area contributed by atoms with Crippen molar-refractivity contribution in [3.8, 4) is 11.3 Å². The van der Waals surface area contributed by atoms with Gasteiger partial charge in [-0.15, -0.1) is 0 Å². The average molecular weight is 486 g/mol. The molecule has 0 saturated carbocycles. The fourth-order valence-corrected chi connectivity index (χ4v) is 4.43. The van der Waals surface area contributed by atoms with Crippen molar-refractivity contribution in [2.45, 2.75) is 6.54 Å². The lowest BCUT2D eigenvalue weighted by Crippen LogP contribution is -2.47. The van der Waals surface area contributed by atoms with Crippen LogP contribution in [0.5, 0.6) is 0 Å². The summed E-state index contributed by atoms with van der Waals surface area (Å²) in [6.07, 6.45) is 1.77. The van der Waals surface area contributed by atoms with Crippen LogP contribution < -0.4 is 15.5 Å². The van der Waals surface area contributed by atoms with E-state index < -0.39 is 0 Å². The second-order valence-electron chi connectivity index (χ2n) is 8.33. The van der Waals surface area contributed by atoms with E-state index in [9.17, 15) is 9.59 Å². The molecular formula is C27H24ClN5O2. The van der Waals surface area contributed by atoms with Gasteiger partial charge in [-0.25, -0.2) is 0 Å². The Morgan fingerprint density at radius 2 is 1.77 bits per heavy atom. The van der Waals surface area contributed by atoms with E-state index in [1.807, 2.05) is 71.6 Å². The van der Waals surface area contributed by atoms with Gasteiger partial charge in [0.05, 0.1) is 29.4 Å². The molecule has 0 aliphatic carbocycles. The van der Waals surface area contributed by atoms with Crippen molar-refractivity contribution >= 4 is 34.8 Å². The molecule has 0 unspecified atom stereocenters. The summed E-state index contributed by atoms with van der Waals surface area (Å²) in [6, 6.07) is 25.0. The third kappa shape index (κ3) is 5.20. The normalized spacial score (nSPS) is 13.4. The van der Waals surface area contributed by atoms with Crippen LogP contribution in [0.2, 0.25) is 5.02 Å². The van der Waals surface area contributed by atoms with Crippen molar-refractivity contribution in [2.75, 3.05) is 29.9 Å². The Balaban J connectivity index is 1.40. The molecule has 3 aromatic carbocycles. The van der Waals surface area contributed by atoms with Gasteiger partial charge in [0, 0.05) is 30.5 Å². The van der Waals surface area contributed by atoms with Crippen molar-refractivity contribution in [2.24, 2.45) is 0 Å². The summed E-state index contributed by atoms with van der Waals surface area (Å²) in [5, 5.41) is 11.0. The Morgan fingerprint density at radius 3 is 2.49 bits per heavy atom. The molecule has 1 aliphatic heterocycles. The Labute approximate surface area is 208 Å². The van der Waals surface area contributed by atoms with Gasteiger partial charge in [-0.3, -0.25) is 14.3 Å². The zero-order chi connectivity index (χ0) is 24.2. The molecule has 0 radical (unpaired) electrons. The third-order valence-corrected chi connectivity index (χ3v) is 6.13. The number of rotatable bonds is 6. The van der Waals surface area contributed by atoms with Gasteiger partial charge in [0.2, 0.25) is 5.91 Å². The molecule has 0 spiro atoms. The number of halogens is 1. The number of carbonyl (C=O) groups excluding carboxylic acids is 2. The van der Waals surface area contributed by atoms with Crippen LogP contribution in [0.1, 0.15) is 15.9 Å². The quantitative estimate of drug-likeness (QED) is 0.423. The number of piperazine rings is 1. The number of nitrogens with zero attached hydrogens (tertiary/aromatic N) is 3. The smallest absolute Gasteiger partial charge is 0.259 e. The topological polar surface area (TPSA) is 79.3 Å². The van der Waals surface area contributed by atoms with Crippen LogP contribution in [-0.2, 0) is 11.3 Å². The predicted molar refractivity (Wildman–Crippen MR) is 138 cm³/mol. The molecule has 176 valence electrons. The van der Waals surface area contributed by atoms with E-state index in [1.54, 1.807) is 23.0 Å². The zero-order valence-electron chi connectivity index (χ0n) is 18.9. The Bertz CT molecular complexity index is 1350. The Kier molecular flexibility index (Phi) is 6.50. The minimum atomic E-state index is -0.274. The first-order valence-corrected chi connectivity index (χ1v) is 11.7. The molecule has 2 N–H and O–H groups in total. The van der Waals surface area contributed by atoms with Gasteiger partial charge in [-0.05, 0) is 23.8 Å². The van der Waals surface area contributed by atoms with E-state index in [-0.39, 0.29) is 18.4 Å². The monoisotopic (exact) mass is 485 g/mol. The molecule has 0 bridgehead atoms. The second-order valence-corrected chi connectivity index (χ2v) is 8.74. The van der Waals surface area contributed by atoms with Crippen LogP contribution >= 0.6 is 11.6 Å². The number of hydrogen-bond acceptors (Lipinski definition) is 4. The number of hydrogen-bond donors (Lipinski definition) is 2. The maximum absolute atomic E-state index is 13.3. The van der Waals surface area contributed by atoms with Gasteiger partial charge in [0.15, 0.2) is 0 Å². The van der Waals surface area contributed by atoms with Gasteiger partial charge < -0.3 is 15.5 Å². The molecule has 5 rings (SSSR count). The zero-order valence-corrected chi connectivity index (χ0v) is 19.7. The highest BCUT2D eigenvalue weighted by Crippen LogP contribution is 2.30. The molecule has 2 amide bonds. The van der Waals surface area contributed by atoms with E-state index in [1.165, 1.54) is 0 Å². The first-order valence-electron chi connectivity index (χ1n) is 11.4. The molecule has 1 aromatic heterocycles. The number of nitrogens with one attached hydrogen (secondary N) is 2. The lowest BCUT2D eigenvalue weighted by atomic mass is 10.1. The average Bonchev–Trinajstić information content (AvgIpc) is 3.29. The van der Waals surface area contributed by atoms with E-state index in [4.69, 9.17) is 16.7 Å². The van der Waals surface area contributed by atoms with E-state index in [2.05, 4.69) is 10.6 Å². The maximum Gasteiger partial charge on any atom is 0.259 e. The van der Waals surface area contributed by atoms with Crippen molar-refractivity contribution in [3.63, 3.8) is 0 Å². The molecule has 1 fully saturated rings. The van der Waals surface area contributed by atoms with Crippen LogP contribution in [0.4, 0.5) is 11.4 Å². The summed E-state index contributed by atoms with van der Waals surface area (Å²) in [5.74, 6) is -0.310. The van der Waals surface area contributed by atoms with Gasteiger partial charge in [0.25, 0.3) is 5.91 Å². The Hall–Kier alpha value is -4.10. The molecular weight excluding hydrogens is 462 g/mol. The van der Waals surface area contributed by atoms with Gasteiger partial charge in [0.1, 0.15) is 5.69 Å². The molecule has 7 nitrogen and oxygen atoms in total. The predicted octanol–water partition coefficient (Wildman–Crippen LogP) is 4.44. The van der Waals surface area contributed by atoms with Crippen LogP contribution in [0.25, 0.3) is 11.3 Å². The van der Waals surface area contributed by atoms with Crippen molar-refractivity contribution in [1.29, 1.82) is 0 Å². The summed E-state index contributed by atoms with van der Waals surface area (Å²) >= 11 is 6.52. The lowest BCUT2D eigenvalue weighted by Gasteiger charge is -2.29. The van der Waals surface area contributed by atoms with Gasteiger partial charge in [-0.2, -0.15) is 5.10 Å². The van der Waals surface area contributed by atoms with Crippen molar-refractivity contribution in [1.82, 2.24) is 15.1 Å². The van der Waals surface area contributed by atoms with Crippen molar-refractivity contribution in [3.05, 3.63) is 101 Å². The first kappa shape index (κ1) is 22.7. The van der Waals surface area contributed by atoms with Crippen molar-refractivity contribution < 1.29 is 9.59 Å². The molecule has 2 heterocycles. The molecule has 8 heteroatoms. The summed E-state index contributed by atoms with van der Waals surface area (Å²) in [4.78, 5) is 27.0. The highest BCUT2D eigenvalue weighted by atomic mass is 35.5. The number of amides is 2. The first-order chi connectivity index (χ1) is 17.1. The Morgan fingerprint density at radius 1 is 1.03 bits per heavy atom. The minimum absolute atomic E-state index is 0.0364. The van der Waals surface area contributed by atoms with E-state index in [0.717, 1.165) is 16.8 Å². The second kappa shape index (κ2) is 10.0. The molecule has 0 atom stereocenters. The summed E-state index contributed by atoms with van der Waals surface area (Å²) in [5.41, 5.74) is 4.37. The molecule has 1 aliphatic rings. The maximum atomic E-state index is 13.3. The number of anilines is 2. The summed E-state index contributed by atoms with van der Waals surface area (Å²) in [7, 11) is 0. The number of aromatic nitrogens is 2. The van der Waals surface area contributed by atoms with Gasteiger partial charge in [-0.1, -0.05) is 72.3 Å². The van der Waals surface area contributed by atoms with Crippen LogP contribution in [0, 0.1) is 0 Å². The van der Waals surface area contributed by atoms with Crippen LogP contribution in [0.3, 0.4) is 0 Å². The summed E-state index contributed by atoms with van der Waals surface area (Å²) in [6.45, 7) is 2.06. The lowest BCUT2D eigenvalue weighted by molar-refractivity contribution is -0.120. The number of carbonyl (C=O) groups is 2. The fourth-order valence-electron chi connectivity index (χ4n) is 4.13. The largest absolute Gasteiger partial charge is 0.359 e.